The maximum atomic E-state index is 10.5. The van der Waals surface area contributed by atoms with E-state index in [2.05, 4.69) is 17.0 Å². The minimum Gasteiger partial charge on any atom is -0.480 e. The molecule has 0 aromatic heterocycles. The summed E-state index contributed by atoms with van der Waals surface area (Å²) in [6.45, 7) is 4.67. The fourth-order valence-corrected chi connectivity index (χ4v) is 2.59. The SMILES string of the molecule is COCc1ccccc1CN1CC(C)(OCC(=O)O)C1. The minimum atomic E-state index is -0.921. The van der Waals surface area contributed by atoms with Gasteiger partial charge in [0.1, 0.15) is 6.61 Å². The van der Waals surface area contributed by atoms with E-state index in [4.69, 9.17) is 14.6 Å². The van der Waals surface area contributed by atoms with Gasteiger partial charge in [0.25, 0.3) is 0 Å². The molecule has 0 aliphatic carbocycles. The third-order valence-electron chi connectivity index (χ3n) is 3.47. The van der Waals surface area contributed by atoms with Gasteiger partial charge in [0.15, 0.2) is 0 Å². The first-order valence-electron chi connectivity index (χ1n) is 6.66. The standard InChI is InChI=1S/C15H21NO4/c1-15(20-9-14(17)18)10-16(11-15)7-12-5-3-4-6-13(12)8-19-2/h3-6H,7-11H2,1-2H3,(H,17,18). The normalized spacial score (nSPS) is 17.7. The molecule has 1 aliphatic rings. The van der Waals surface area contributed by atoms with Gasteiger partial charge in [-0.2, -0.15) is 0 Å². The van der Waals surface area contributed by atoms with E-state index < -0.39 is 5.97 Å². The van der Waals surface area contributed by atoms with Crippen molar-refractivity contribution < 1.29 is 19.4 Å². The summed E-state index contributed by atoms with van der Waals surface area (Å²) in [4.78, 5) is 12.8. The molecule has 0 spiro atoms. The zero-order valence-corrected chi connectivity index (χ0v) is 12.0. The van der Waals surface area contributed by atoms with Gasteiger partial charge in [0.2, 0.25) is 0 Å². The average Bonchev–Trinajstić information content (AvgIpc) is 2.37. The zero-order valence-electron chi connectivity index (χ0n) is 12.0. The van der Waals surface area contributed by atoms with E-state index in [1.807, 2.05) is 19.1 Å². The number of aliphatic carboxylic acids is 1. The van der Waals surface area contributed by atoms with Crippen LogP contribution in [-0.2, 0) is 27.4 Å². The number of carboxylic acids is 1. The van der Waals surface area contributed by atoms with Crippen LogP contribution in [0, 0.1) is 0 Å². The Kier molecular flexibility index (Phi) is 4.75. The van der Waals surface area contributed by atoms with Crippen molar-refractivity contribution in [2.24, 2.45) is 0 Å². The number of ether oxygens (including phenoxy) is 2. The number of likely N-dealkylation sites (tertiary alicyclic amines) is 1. The smallest absolute Gasteiger partial charge is 0.329 e. The maximum absolute atomic E-state index is 10.5. The second-order valence-electron chi connectivity index (χ2n) is 5.48. The van der Waals surface area contributed by atoms with Gasteiger partial charge in [0.05, 0.1) is 12.2 Å². The van der Waals surface area contributed by atoms with Gasteiger partial charge in [-0.25, -0.2) is 4.79 Å². The highest BCUT2D eigenvalue weighted by Gasteiger charge is 2.40. The fourth-order valence-electron chi connectivity index (χ4n) is 2.59. The first-order valence-corrected chi connectivity index (χ1v) is 6.66. The third-order valence-corrected chi connectivity index (χ3v) is 3.47. The van der Waals surface area contributed by atoms with Crippen LogP contribution in [-0.4, -0.2) is 48.4 Å². The molecule has 5 nitrogen and oxygen atoms in total. The lowest BCUT2D eigenvalue weighted by Gasteiger charge is -2.47. The van der Waals surface area contributed by atoms with Crippen LogP contribution in [0.5, 0.6) is 0 Å². The molecule has 1 aromatic carbocycles. The lowest BCUT2D eigenvalue weighted by molar-refractivity contribution is -0.165. The molecule has 1 aromatic rings. The first-order chi connectivity index (χ1) is 9.52. The molecule has 1 heterocycles. The summed E-state index contributed by atoms with van der Waals surface area (Å²) in [5, 5.41) is 8.64. The summed E-state index contributed by atoms with van der Waals surface area (Å²) in [6, 6.07) is 8.20. The molecule has 1 aliphatic heterocycles. The second kappa shape index (κ2) is 6.35. The highest BCUT2D eigenvalue weighted by molar-refractivity contribution is 5.68. The maximum Gasteiger partial charge on any atom is 0.329 e. The van der Waals surface area contributed by atoms with Crippen LogP contribution >= 0.6 is 0 Å². The van der Waals surface area contributed by atoms with Crippen LogP contribution in [0.25, 0.3) is 0 Å². The third kappa shape index (κ3) is 3.79. The van der Waals surface area contributed by atoms with Crippen molar-refractivity contribution in [3.63, 3.8) is 0 Å². The van der Waals surface area contributed by atoms with Crippen LogP contribution in [0.4, 0.5) is 0 Å². The average molecular weight is 279 g/mol. The summed E-state index contributed by atoms with van der Waals surface area (Å²) >= 11 is 0. The minimum absolute atomic E-state index is 0.232. The molecule has 0 saturated carbocycles. The number of carbonyl (C=O) groups is 1. The number of methoxy groups -OCH3 is 1. The Morgan fingerprint density at radius 1 is 1.35 bits per heavy atom. The van der Waals surface area contributed by atoms with Crippen molar-refractivity contribution in [1.82, 2.24) is 4.90 Å². The predicted octanol–water partition coefficient (Wildman–Crippen LogP) is 1.51. The molecule has 110 valence electrons. The van der Waals surface area contributed by atoms with Crippen LogP contribution in [0.15, 0.2) is 24.3 Å². The number of hydrogen-bond donors (Lipinski definition) is 1. The molecule has 0 atom stereocenters. The van der Waals surface area contributed by atoms with Crippen LogP contribution in [0.2, 0.25) is 0 Å². The molecule has 0 bridgehead atoms. The number of hydrogen-bond acceptors (Lipinski definition) is 4. The highest BCUT2D eigenvalue weighted by Crippen LogP contribution is 2.27. The van der Waals surface area contributed by atoms with E-state index >= 15 is 0 Å². The van der Waals surface area contributed by atoms with E-state index in [1.165, 1.54) is 11.1 Å². The molecule has 1 fully saturated rings. The van der Waals surface area contributed by atoms with Gasteiger partial charge < -0.3 is 14.6 Å². The summed E-state index contributed by atoms with van der Waals surface area (Å²) < 4.78 is 10.6. The number of benzene rings is 1. The molecule has 0 amide bonds. The summed E-state index contributed by atoms with van der Waals surface area (Å²) in [5.74, 6) is -0.921. The highest BCUT2D eigenvalue weighted by atomic mass is 16.5. The van der Waals surface area contributed by atoms with Gasteiger partial charge in [0, 0.05) is 26.7 Å². The summed E-state index contributed by atoms with van der Waals surface area (Å²) in [6.07, 6.45) is 0. The van der Waals surface area contributed by atoms with Crippen LogP contribution in [0.3, 0.4) is 0 Å². The quantitative estimate of drug-likeness (QED) is 0.820. The van der Waals surface area contributed by atoms with Gasteiger partial charge >= 0.3 is 5.97 Å². The van der Waals surface area contributed by atoms with Crippen molar-refractivity contribution >= 4 is 5.97 Å². The lowest BCUT2D eigenvalue weighted by atomic mass is 9.95. The summed E-state index contributed by atoms with van der Waals surface area (Å²) in [7, 11) is 1.69. The molecule has 1 N–H and O–H groups in total. The molecular weight excluding hydrogens is 258 g/mol. The van der Waals surface area contributed by atoms with Gasteiger partial charge in [-0.3, -0.25) is 4.90 Å². The molecule has 0 unspecified atom stereocenters. The van der Waals surface area contributed by atoms with Crippen molar-refractivity contribution in [2.45, 2.75) is 25.7 Å². The molecule has 1 saturated heterocycles. The van der Waals surface area contributed by atoms with E-state index in [0.29, 0.717) is 6.61 Å². The Bertz CT molecular complexity index is 469. The first kappa shape index (κ1) is 15.0. The number of rotatable bonds is 7. The van der Waals surface area contributed by atoms with Crippen LogP contribution < -0.4 is 0 Å². The van der Waals surface area contributed by atoms with Crippen LogP contribution in [0.1, 0.15) is 18.1 Å². The molecule has 20 heavy (non-hydrogen) atoms. The molecule has 2 rings (SSSR count). The Balaban J connectivity index is 1.86. The van der Waals surface area contributed by atoms with E-state index in [-0.39, 0.29) is 12.2 Å². The van der Waals surface area contributed by atoms with Gasteiger partial charge in [-0.05, 0) is 18.1 Å². The molecule has 0 radical (unpaired) electrons. The van der Waals surface area contributed by atoms with E-state index in [0.717, 1.165) is 19.6 Å². The lowest BCUT2D eigenvalue weighted by Crippen LogP contribution is -2.61. The second-order valence-corrected chi connectivity index (χ2v) is 5.48. The van der Waals surface area contributed by atoms with Crippen molar-refractivity contribution in [3.8, 4) is 0 Å². The molecular formula is C15H21NO4. The Morgan fingerprint density at radius 2 is 2.00 bits per heavy atom. The Labute approximate surface area is 119 Å². The van der Waals surface area contributed by atoms with Gasteiger partial charge in [-0.1, -0.05) is 24.3 Å². The monoisotopic (exact) mass is 279 g/mol. The van der Waals surface area contributed by atoms with E-state index in [1.54, 1.807) is 7.11 Å². The molecule has 5 heteroatoms. The van der Waals surface area contributed by atoms with Crippen molar-refractivity contribution in [2.75, 3.05) is 26.8 Å². The van der Waals surface area contributed by atoms with Crippen molar-refractivity contribution in [3.05, 3.63) is 35.4 Å². The Morgan fingerprint density at radius 3 is 2.60 bits per heavy atom. The number of carboxylic acid groups (broad SMARTS) is 1. The predicted molar refractivity (Wildman–Crippen MR) is 74.4 cm³/mol. The largest absolute Gasteiger partial charge is 0.480 e. The van der Waals surface area contributed by atoms with Gasteiger partial charge in [-0.15, -0.1) is 0 Å². The van der Waals surface area contributed by atoms with E-state index in [9.17, 15) is 4.79 Å². The zero-order chi connectivity index (χ0) is 14.6. The topological polar surface area (TPSA) is 59.0 Å². The Hall–Kier alpha value is -1.43. The van der Waals surface area contributed by atoms with Crippen molar-refractivity contribution in [1.29, 1.82) is 0 Å². The summed E-state index contributed by atoms with van der Waals surface area (Å²) in [5.41, 5.74) is 2.10. The fraction of sp³-hybridized carbons (Fsp3) is 0.533. The number of nitrogens with zero attached hydrogens (tertiary/aromatic N) is 1.